The topological polar surface area (TPSA) is 42.2 Å². The van der Waals surface area contributed by atoms with Gasteiger partial charge in [-0.25, -0.2) is 8.91 Å². The number of halogens is 1. The predicted molar refractivity (Wildman–Crippen MR) is 47.1 cm³/mol. The lowest BCUT2D eigenvalue weighted by Crippen LogP contribution is -1.98. The number of aromatic nitrogens is 3. The van der Waals surface area contributed by atoms with Gasteiger partial charge in [0.05, 0.1) is 6.20 Å². The van der Waals surface area contributed by atoms with E-state index in [1.165, 1.54) is 16.8 Å². The summed E-state index contributed by atoms with van der Waals surface area (Å²) < 4.78 is 14.1. The summed E-state index contributed by atoms with van der Waals surface area (Å²) in [7, 11) is 0. The van der Waals surface area contributed by atoms with Gasteiger partial charge in [-0.15, -0.1) is 5.10 Å². The maximum Gasteiger partial charge on any atom is 0.243 e. The van der Waals surface area contributed by atoms with Gasteiger partial charge >= 0.3 is 0 Å². The van der Waals surface area contributed by atoms with Gasteiger partial charge in [0.2, 0.25) is 5.95 Å². The number of anilines is 1. The fraction of sp³-hybridized carbons (Fsp3) is 0.250. The van der Waals surface area contributed by atoms with Gasteiger partial charge < -0.3 is 5.32 Å². The average molecular weight is 180 g/mol. The molecule has 2 rings (SSSR count). The second kappa shape index (κ2) is 3.01. The Bertz CT molecular complexity index is 423. The third kappa shape index (κ3) is 1.44. The highest BCUT2D eigenvalue weighted by atomic mass is 19.1. The lowest BCUT2D eigenvalue weighted by Gasteiger charge is -1.90. The molecule has 2 aromatic heterocycles. The van der Waals surface area contributed by atoms with E-state index >= 15 is 0 Å². The molecule has 0 bridgehead atoms. The first-order chi connectivity index (χ1) is 6.29. The second-order valence-electron chi connectivity index (χ2n) is 2.62. The summed E-state index contributed by atoms with van der Waals surface area (Å²) in [6, 6.07) is 2.95. The molecular weight excluding hydrogens is 171 g/mol. The normalized spacial score (nSPS) is 10.6. The molecule has 0 spiro atoms. The Balaban J connectivity index is 2.49. The predicted octanol–water partition coefficient (Wildman–Crippen LogP) is 1.30. The monoisotopic (exact) mass is 180 g/mol. The van der Waals surface area contributed by atoms with E-state index in [9.17, 15) is 4.39 Å². The van der Waals surface area contributed by atoms with Crippen LogP contribution < -0.4 is 5.32 Å². The summed E-state index contributed by atoms with van der Waals surface area (Å²) in [6.45, 7) is 2.70. The molecule has 0 radical (unpaired) electrons. The third-order valence-corrected chi connectivity index (χ3v) is 1.63. The largest absolute Gasteiger partial charge is 0.353 e. The summed E-state index contributed by atoms with van der Waals surface area (Å²) >= 11 is 0. The zero-order chi connectivity index (χ0) is 9.26. The van der Waals surface area contributed by atoms with Crippen molar-refractivity contribution in [3.05, 3.63) is 24.1 Å². The van der Waals surface area contributed by atoms with Gasteiger partial charge in [0.25, 0.3) is 0 Å². The SMILES string of the molecule is CCNc1nc2ccc(F)cn2n1. The highest BCUT2D eigenvalue weighted by Gasteiger charge is 2.01. The fourth-order valence-corrected chi connectivity index (χ4v) is 1.09. The second-order valence-corrected chi connectivity index (χ2v) is 2.62. The summed E-state index contributed by atoms with van der Waals surface area (Å²) in [4.78, 5) is 4.12. The molecule has 2 aromatic rings. The van der Waals surface area contributed by atoms with Gasteiger partial charge in [0.15, 0.2) is 5.65 Å². The molecule has 0 aliphatic heterocycles. The van der Waals surface area contributed by atoms with Crippen molar-refractivity contribution in [2.24, 2.45) is 0 Å². The van der Waals surface area contributed by atoms with Crippen molar-refractivity contribution in [3.8, 4) is 0 Å². The first-order valence-corrected chi connectivity index (χ1v) is 4.05. The van der Waals surface area contributed by atoms with E-state index in [-0.39, 0.29) is 5.82 Å². The lowest BCUT2D eigenvalue weighted by atomic mass is 10.5. The average Bonchev–Trinajstić information content (AvgIpc) is 2.46. The Kier molecular flexibility index (Phi) is 1.84. The number of hydrogen-bond acceptors (Lipinski definition) is 3. The molecule has 0 unspecified atom stereocenters. The van der Waals surface area contributed by atoms with Crippen molar-refractivity contribution in [3.63, 3.8) is 0 Å². The van der Waals surface area contributed by atoms with E-state index in [1.807, 2.05) is 6.92 Å². The van der Waals surface area contributed by atoms with Crippen LogP contribution in [0.15, 0.2) is 18.3 Å². The van der Waals surface area contributed by atoms with Crippen molar-refractivity contribution in [2.75, 3.05) is 11.9 Å². The fourth-order valence-electron chi connectivity index (χ4n) is 1.09. The Morgan fingerprint density at radius 1 is 1.54 bits per heavy atom. The summed E-state index contributed by atoms with van der Waals surface area (Å²) in [6.07, 6.45) is 1.29. The van der Waals surface area contributed by atoms with E-state index < -0.39 is 0 Å². The van der Waals surface area contributed by atoms with E-state index in [1.54, 1.807) is 6.07 Å². The maximum atomic E-state index is 12.7. The minimum Gasteiger partial charge on any atom is -0.353 e. The molecule has 0 saturated heterocycles. The zero-order valence-electron chi connectivity index (χ0n) is 7.16. The molecule has 13 heavy (non-hydrogen) atoms. The number of nitrogens with zero attached hydrogens (tertiary/aromatic N) is 3. The smallest absolute Gasteiger partial charge is 0.243 e. The van der Waals surface area contributed by atoms with Crippen molar-refractivity contribution in [2.45, 2.75) is 6.92 Å². The highest BCUT2D eigenvalue weighted by molar-refractivity contribution is 5.42. The van der Waals surface area contributed by atoms with E-state index in [4.69, 9.17) is 0 Å². The first-order valence-electron chi connectivity index (χ1n) is 4.05. The maximum absolute atomic E-state index is 12.7. The molecular formula is C8H9FN4. The van der Waals surface area contributed by atoms with Crippen molar-refractivity contribution < 1.29 is 4.39 Å². The quantitative estimate of drug-likeness (QED) is 0.757. The molecule has 1 N–H and O–H groups in total. The number of fused-ring (bicyclic) bond motifs is 1. The van der Waals surface area contributed by atoms with E-state index in [2.05, 4.69) is 15.4 Å². The van der Waals surface area contributed by atoms with Crippen LogP contribution in [-0.2, 0) is 0 Å². The lowest BCUT2D eigenvalue weighted by molar-refractivity contribution is 0.615. The molecule has 0 aromatic carbocycles. The number of hydrogen-bond donors (Lipinski definition) is 1. The van der Waals surface area contributed by atoms with Crippen LogP contribution in [0, 0.1) is 5.82 Å². The van der Waals surface area contributed by atoms with Crippen LogP contribution in [0.1, 0.15) is 6.92 Å². The van der Waals surface area contributed by atoms with Gasteiger partial charge in [-0.1, -0.05) is 0 Å². The van der Waals surface area contributed by atoms with Crippen molar-refractivity contribution >= 4 is 11.6 Å². The molecule has 0 amide bonds. The van der Waals surface area contributed by atoms with Crippen LogP contribution in [0.4, 0.5) is 10.3 Å². The third-order valence-electron chi connectivity index (χ3n) is 1.63. The van der Waals surface area contributed by atoms with Crippen LogP contribution >= 0.6 is 0 Å². The van der Waals surface area contributed by atoms with Gasteiger partial charge in [-0.3, -0.25) is 0 Å². The van der Waals surface area contributed by atoms with E-state index in [0.717, 1.165) is 6.54 Å². The van der Waals surface area contributed by atoms with Crippen molar-refractivity contribution in [1.82, 2.24) is 14.6 Å². The van der Waals surface area contributed by atoms with Crippen molar-refractivity contribution in [1.29, 1.82) is 0 Å². The molecule has 2 heterocycles. The van der Waals surface area contributed by atoms with Gasteiger partial charge in [0.1, 0.15) is 5.82 Å². The molecule has 0 aliphatic carbocycles. The summed E-state index contributed by atoms with van der Waals surface area (Å²) in [5, 5.41) is 6.97. The molecule has 0 fully saturated rings. The molecule has 4 nitrogen and oxygen atoms in total. The van der Waals surface area contributed by atoms with Crippen LogP contribution in [0.5, 0.6) is 0 Å². The first kappa shape index (κ1) is 7.97. The van der Waals surface area contributed by atoms with Crippen LogP contribution in [0.2, 0.25) is 0 Å². The zero-order valence-corrected chi connectivity index (χ0v) is 7.16. The Morgan fingerprint density at radius 3 is 3.15 bits per heavy atom. The van der Waals surface area contributed by atoms with Gasteiger partial charge in [-0.2, -0.15) is 4.98 Å². The minimum absolute atomic E-state index is 0.319. The number of rotatable bonds is 2. The van der Waals surface area contributed by atoms with Gasteiger partial charge in [-0.05, 0) is 19.1 Å². The number of pyridine rings is 1. The molecule has 5 heteroatoms. The number of nitrogens with one attached hydrogen (secondary N) is 1. The van der Waals surface area contributed by atoms with Crippen LogP contribution in [-0.4, -0.2) is 21.1 Å². The molecule has 0 aliphatic rings. The van der Waals surface area contributed by atoms with Crippen LogP contribution in [0.3, 0.4) is 0 Å². The molecule has 68 valence electrons. The molecule has 0 atom stereocenters. The van der Waals surface area contributed by atoms with E-state index in [0.29, 0.717) is 11.6 Å². The summed E-state index contributed by atoms with van der Waals surface area (Å²) in [5.74, 6) is 0.202. The van der Waals surface area contributed by atoms with Crippen LogP contribution in [0.25, 0.3) is 5.65 Å². The summed E-state index contributed by atoms with van der Waals surface area (Å²) in [5.41, 5.74) is 0.636. The molecule has 0 saturated carbocycles. The Labute approximate surface area is 74.4 Å². The Morgan fingerprint density at radius 2 is 2.38 bits per heavy atom. The van der Waals surface area contributed by atoms with Gasteiger partial charge in [0, 0.05) is 6.54 Å². The minimum atomic E-state index is -0.319. The Hall–Kier alpha value is -1.65. The standard InChI is InChI=1S/C8H9FN4/c1-2-10-8-11-7-4-3-6(9)5-13(7)12-8/h3-5H,2H2,1H3,(H,10,12). The highest BCUT2D eigenvalue weighted by Crippen LogP contribution is 2.05.